The lowest BCUT2D eigenvalue weighted by Crippen LogP contribution is -2.21. The summed E-state index contributed by atoms with van der Waals surface area (Å²) in [5.41, 5.74) is 15.9. The van der Waals surface area contributed by atoms with E-state index in [0.717, 1.165) is 41.2 Å². The van der Waals surface area contributed by atoms with Crippen molar-refractivity contribution in [1.82, 2.24) is 19.0 Å². The molecule has 0 spiro atoms. The zero-order valence-electron chi connectivity index (χ0n) is 26.9. The van der Waals surface area contributed by atoms with Crippen molar-refractivity contribution in [3.05, 3.63) is 151 Å². The lowest BCUT2D eigenvalue weighted by molar-refractivity contribution is 0.496. The second kappa shape index (κ2) is 10.2. The van der Waals surface area contributed by atoms with E-state index < -0.39 is 0 Å². The van der Waals surface area contributed by atoms with Crippen LogP contribution in [-0.4, -0.2) is 32.7 Å². The Kier molecular flexibility index (Phi) is 5.76. The molecule has 0 fully saturated rings. The number of aromatic nitrogens is 3. The summed E-state index contributed by atoms with van der Waals surface area (Å²) in [6.07, 6.45) is 5.25. The molecule has 0 radical (unpaired) electrons. The molecule has 0 N–H and O–H groups in total. The van der Waals surface area contributed by atoms with Crippen molar-refractivity contribution in [2.75, 3.05) is 18.6 Å². The molecule has 3 heterocycles. The molecule has 10 rings (SSSR count). The van der Waals surface area contributed by atoms with Crippen LogP contribution in [0.15, 0.2) is 140 Å². The van der Waals surface area contributed by atoms with Crippen LogP contribution in [0, 0.1) is 0 Å². The number of benzene rings is 6. The third kappa shape index (κ3) is 4.07. The second-order valence-corrected chi connectivity index (χ2v) is 13.2. The number of nitrogens with zero attached hydrogens (tertiary/aromatic N) is 5. The maximum absolute atomic E-state index is 5.17. The molecule has 230 valence electrons. The molecule has 0 saturated heterocycles. The van der Waals surface area contributed by atoms with Crippen LogP contribution in [0.25, 0.3) is 72.2 Å². The van der Waals surface area contributed by atoms with E-state index in [-0.39, 0.29) is 0 Å². The van der Waals surface area contributed by atoms with Crippen molar-refractivity contribution in [1.29, 1.82) is 0 Å². The van der Waals surface area contributed by atoms with Gasteiger partial charge in [0.25, 0.3) is 0 Å². The summed E-state index contributed by atoms with van der Waals surface area (Å²) in [5.74, 6) is 0.962. The van der Waals surface area contributed by atoms with Crippen LogP contribution in [0.5, 0.6) is 0 Å². The molecule has 0 saturated carbocycles. The largest absolute Gasteiger partial charge is 0.361 e. The first kappa shape index (κ1) is 27.1. The van der Waals surface area contributed by atoms with Gasteiger partial charge in [0, 0.05) is 54.2 Å². The fraction of sp³-hybridized carbons (Fsp3) is 0.0930. The predicted octanol–water partition coefficient (Wildman–Crippen LogP) is 9.76. The zero-order chi connectivity index (χ0) is 31.9. The summed E-state index contributed by atoms with van der Waals surface area (Å²) in [5, 5.41) is 2.48. The topological polar surface area (TPSA) is 29.2 Å². The molecule has 0 unspecified atom stereocenters. The van der Waals surface area contributed by atoms with Gasteiger partial charge in [-0.2, -0.15) is 0 Å². The molecular formula is C43H33N5. The van der Waals surface area contributed by atoms with E-state index in [1.165, 1.54) is 60.9 Å². The molecular weight excluding hydrogens is 587 g/mol. The highest BCUT2D eigenvalue weighted by Gasteiger charge is 2.20. The molecule has 5 nitrogen and oxygen atoms in total. The Labute approximate surface area is 279 Å². The van der Waals surface area contributed by atoms with Crippen LogP contribution in [0.2, 0.25) is 0 Å². The smallest absolute Gasteiger partial charge is 0.140 e. The summed E-state index contributed by atoms with van der Waals surface area (Å²) in [7, 11) is 4.24. The summed E-state index contributed by atoms with van der Waals surface area (Å²) < 4.78 is 4.64. The number of aryl methyl sites for hydroxylation is 1. The highest BCUT2D eigenvalue weighted by molar-refractivity contribution is 6.10. The van der Waals surface area contributed by atoms with Gasteiger partial charge < -0.3 is 18.9 Å². The second-order valence-electron chi connectivity index (χ2n) is 13.2. The third-order valence-corrected chi connectivity index (χ3v) is 10.2. The highest BCUT2D eigenvalue weighted by Crippen LogP contribution is 2.40. The highest BCUT2D eigenvalue weighted by atomic mass is 15.3. The van der Waals surface area contributed by atoms with Crippen LogP contribution < -0.4 is 4.90 Å². The quantitative estimate of drug-likeness (QED) is 0.196. The minimum atomic E-state index is 0.843. The molecule has 0 bridgehead atoms. The van der Waals surface area contributed by atoms with Crippen molar-refractivity contribution >= 4 is 38.5 Å². The normalized spacial score (nSPS) is 13.7. The lowest BCUT2D eigenvalue weighted by Gasteiger charge is -2.19. The van der Waals surface area contributed by atoms with E-state index in [0.29, 0.717) is 0 Å². The predicted molar refractivity (Wildman–Crippen MR) is 198 cm³/mol. The Morgan fingerprint density at radius 1 is 0.542 bits per heavy atom. The van der Waals surface area contributed by atoms with E-state index in [1.807, 2.05) is 0 Å². The van der Waals surface area contributed by atoms with Gasteiger partial charge in [-0.3, -0.25) is 0 Å². The summed E-state index contributed by atoms with van der Waals surface area (Å²) in [6.45, 7) is 0.843. The van der Waals surface area contributed by atoms with Gasteiger partial charge in [-0.25, -0.2) is 4.98 Å². The standard InChI is InChI=1S/C43H33N5/c1-45-20-21-47(27-45)33-9-7-10-34(26-33)48-40-13-6-5-12-37(40)38-18-15-31(25-41(38)48)43-44-39-19-16-29(24-42(39)46(43)2)28-14-17-36-32(22-28)23-30-8-3-4-11-35(30)36/h3-22,24-26H,23,27H2,1-2H3. The Bertz CT molecular complexity index is 2620. The van der Waals surface area contributed by atoms with E-state index >= 15 is 0 Å². The summed E-state index contributed by atoms with van der Waals surface area (Å²) in [6, 6.07) is 46.7. The maximum atomic E-state index is 5.17. The van der Waals surface area contributed by atoms with Crippen LogP contribution >= 0.6 is 0 Å². The van der Waals surface area contributed by atoms with E-state index in [4.69, 9.17) is 4.98 Å². The molecule has 48 heavy (non-hydrogen) atoms. The fourth-order valence-corrected chi connectivity index (χ4v) is 7.85. The van der Waals surface area contributed by atoms with Gasteiger partial charge in [-0.15, -0.1) is 0 Å². The van der Waals surface area contributed by atoms with Gasteiger partial charge in [0.05, 0.1) is 28.7 Å². The zero-order valence-corrected chi connectivity index (χ0v) is 26.9. The van der Waals surface area contributed by atoms with E-state index in [9.17, 15) is 0 Å². The number of imidazole rings is 1. The Balaban J connectivity index is 1.07. The van der Waals surface area contributed by atoms with E-state index in [2.05, 4.69) is 173 Å². The molecule has 2 aliphatic rings. The molecule has 2 aromatic heterocycles. The maximum Gasteiger partial charge on any atom is 0.140 e. The fourth-order valence-electron chi connectivity index (χ4n) is 7.85. The van der Waals surface area contributed by atoms with Crippen LogP contribution in [0.3, 0.4) is 0 Å². The first-order valence-electron chi connectivity index (χ1n) is 16.6. The molecule has 0 atom stereocenters. The number of rotatable bonds is 4. The number of para-hydroxylation sites is 1. The molecule has 0 amide bonds. The molecule has 8 aromatic rings. The number of hydrogen-bond acceptors (Lipinski definition) is 3. The Hall–Kier alpha value is -6.07. The first-order chi connectivity index (χ1) is 23.6. The van der Waals surface area contributed by atoms with Gasteiger partial charge in [-0.05, 0) is 82.3 Å². The van der Waals surface area contributed by atoms with Crippen molar-refractivity contribution < 1.29 is 0 Å². The van der Waals surface area contributed by atoms with Crippen molar-refractivity contribution in [2.24, 2.45) is 7.05 Å². The monoisotopic (exact) mass is 619 g/mol. The summed E-state index contributed by atoms with van der Waals surface area (Å²) in [4.78, 5) is 9.63. The molecule has 1 aliphatic heterocycles. The number of fused-ring (bicyclic) bond motifs is 7. The van der Waals surface area contributed by atoms with Gasteiger partial charge in [-0.1, -0.05) is 84.9 Å². The third-order valence-electron chi connectivity index (χ3n) is 10.2. The van der Waals surface area contributed by atoms with Crippen molar-refractivity contribution in [2.45, 2.75) is 6.42 Å². The summed E-state index contributed by atoms with van der Waals surface area (Å²) >= 11 is 0. The van der Waals surface area contributed by atoms with Crippen molar-refractivity contribution in [3.8, 4) is 39.3 Å². The van der Waals surface area contributed by atoms with Gasteiger partial charge in [0.2, 0.25) is 0 Å². The van der Waals surface area contributed by atoms with Gasteiger partial charge >= 0.3 is 0 Å². The van der Waals surface area contributed by atoms with Crippen LogP contribution in [-0.2, 0) is 13.5 Å². The molecule has 6 aromatic carbocycles. The lowest BCUT2D eigenvalue weighted by atomic mass is 9.99. The number of anilines is 1. The van der Waals surface area contributed by atoms with Gasteiger partial charge in [0.15, 0.2) is 0 Å². The van der Waals surface area contributed by atoms with Gasteiger partial charge in [0.1, 0.15) is 5.82 Å². The number of hydrogen-bond donors (Lipinski definition) is 0. The van der Waals surface area contributed by atoms with Crippen LogP contribution in [0.4, 0.5) is 5.69 Å². The molecule has 5 heteroatoms. The minimum absolute atomic E-state index is 0.843. The van der Waals surface area contributed by atoms with Crippen molar-refractivity contribution in [3.63, 3.8) is 0 Å². The van der Waals surface area contributed by atoms with Crippen LogP contribution in [0.1, 0.15) is 11.1 Å². The molecule has 1 aliphatic carbocycles. The average Bonchev–Trinajstić information content (AvgIpc) is 3.89. The Morgan fingerprint density at radius 3 is 2.21 bits per heavy atom. The Morgan fingerprint density at radius 2 is 1.29 bits per heavy atom. The van der Waals surface area contributed by atoms with E-state index in [1.54, 1.807) is 0 Å². The average molecular weight is 620 g/mol. The first-order valence-corrected chi connectivity index (χ1v) is 16.6. The minimum Gasteiger partial charge on any atom is -0.361 e. The SMILES string of the molecule is CN1C=CN(c2cccc(-n3c4ccccc4c4ccc(-c5nc6ccc(-c7ccc8c(c7)Cc7ccccc7-8)cc6n5C)cc43)c2)C1.